The predicted octanol–water partition coefficient (Wildman–Crippen LogP) is 3.00. The van der Waals surface area contributed by atoms with Crippen LogP contribution in [0.5, 0.6) is 11.5 Å². The predicted molar refractivity (Wildman–Crippen MR) is 90.3 cm³/mol. The summed E-state index contributed by atoms with van der Waals surface area (Å²) in [5, 5.41) is 5.79. The van der Waals surface area contributed by atoms with Gasteiger partial charge in [-0.25, -0.2) is 4.98 Å². The molecule has 0 saturated heterocycles. The molecular weight excluding hydrogens is 403 g/mol. The van der Waals surface area contributed by atoms with Gasteiger partial charge in [0.05, 0.1) is 37.0 Å². The Morgan fingerprint density at radius 2 is 2.00 bits per heavy atom. The SMILES string of the molecule is COc1cc(I)c(C(=O)NCc2csc(C)n2)cc1OC. The third kappa shape index (κ3) is 3.85. The molecule has 1 amide bonds. The topological polar surface area (TPSA) is 60.5 Å². The molecule has 0 fully saturated rings. The van der Waals surface area contributed by atoms with Crippen molar-refractivity contribution in [1.29, 1.82) is 0 Å². The summed E-state index contributed by atoms with van der Waals surface area (Å²) in [6, 6.07) is 3.46. The van der Waals surface area contributed by atoms with Crippen molar-refractivity contribution in [2.45, 2.75) is 13.5 Å². The zero-order valence-corrected chi connectivity index (χ0v) is 14.9. The highest BCUT2D eigenvalue weighted by Gasteiger charge is 2.15. The Labute approximate surface area is 140 Å². The zero-order valence-electron chi connectivity index (χ0n) is 11.9. The minimum absolute atomic E-state index is 0.161. The summed E-state index contributed by atoms with van der Waals surface area (Å²) in [6.45, 7) is 2.35. The van der Waals surface area contributed by atoms with Gasteiger partial charge in [0.1, 0.15) is 0 Å². The van der Waals surface area contributed by atoms with Crippen molar-refractivity contribution < 1.29 is 14.3 Å². The van der Waals surface area contributed by atoms with Crippen molar-refractivity contribution in [2.75, 3.05) is 14.2 Å². The zero-order chi connectivity index (χ0) is 15.4. The van der Waals surface area contributed by atoms with Gasteiger partial charge in [-0.3, -0.25) is 4.79 Å². The largest absolute Gasteiger partial charge is 0.493 e. The van der Waals surface area contributed by atoms with Gasteiger partial charge in [-0.05, 0) is 41.6 Å². The number of methoxy groups -OCH3 is 2. The molecule has 0 aliphatic carbocycles. The Kier molecular flexibility index (Phi) is 5.40. The molecular formula is C14H15IN2O3S. The van der Waals surface area contributed by atoms with Crippen molar-refractivity contribution in [3.8, 4) is 11.5 Å². The number of aromatic nitrogens is 1. The maximum Gasteiger partial charge on any atom is 0.252 e. The number of carbonyl (C=O) groups excluding carboxylic acids is 1. The first kappa shape index (κ1) is 16.0. The number of thiazole rings is 1. The van der Waals surface area contributed by atoms with Crippen LogP contribution >= 0.6 is 33.9 Å². The second kappa shape index (κ2) is 7.08. The normalized spacial score (nSPS) is 10.3. The Balaban J connectivity index is 2.15. The lowest BCUT2D eigenvalue weighted by Crippen LogP contribution is -2.24. The number of carbonyl (C=O) groups is 1. The average Bonchev–Trinajstić information content (AvgIpc) is 2.90. The smallest absolute Gasteiger partial charge is 0.252 e. The van der Waals surface area contributed by atoms with Crippen LogP contribution in [0.4, 0.5) is 0 Å². The van der Waals surface area contributed by atoms with E-state index in [9.17, 15) is 4.79 Å². The first-order valence-electron chi connectivity index (χ1n) is 6.16. The van der Waals surface area contributed by atoms with Crippen molar-refractivity contribution in [1.82, 2.24) is 10.3 Å². The van der Waals surface area contributed by atoms with E-state index < -0.39 is 0 Å². The molecule has 1 aromatic heterocycles. The fraction of sp³-hybridized carbons (Fsp3) is 0.286. The van der Waals surface area contributed by atoms with Crippen LogP contribution in [-0.2, 0) is 6.54 Å². The quantitative estimate of drug-likeness (QED) is 0.759. The Morgan fingerprint density at radius 1 is 1.33 bits per heavy atom. The summed E-state index contributed by atoms with van der Waals surface area (Å²) in [5.74, 6) is 0.979. The third-order valence-corrected chi connectivity index (χ3v) is 4.53. The van der Waals surface area contributed by atoms with E-state index >= 15 is 0 Å². The fourth-order valence-electron chi connectivity index (χ4n) is 1.78. The first-order chi connectivity index (χ1) is 10.0. The van der Waals surface area contributed by atoms with Crippen molar-refractivity contribution in [3.05, 3.63) is 37.3 Å². The lowest BCUT2D eigenvalue weighted by molar-refractivity contribution is 0.0949. The molecule has 0 spiro atoms. The number of halogens is 1. The maximum atomic E-state index is 12.3. The number of rotatable bonds is 5. The van der Waals surface area contributed by atoms with E-state index in [0.717, 1.165) is 14.3 Å². The minimum atomic E-state index is -0.161. The third-order valence-electron chi connectivity index (χ3n) is 2.81. The number of hydrogen-bond acceptors (Lipinski definition) is 5. The van der Waals surface area contributed by atoms with Crippen LogP contribution in [-0.4, -0.2) is 25.1 Å². The number of nitrogens with zero attached hydrogens (tertiary/aromatic N) is 1. The number of hydrogen-bond donors (Lipinski definition) is 1. The molecule has 112 valence electrons. The summed E-state index contributed by atoms with van der Waals surface area (Å²) in [5.41, 5.74) is 1.42. The van der Waals surface area contributed by atoms with Gasteiger partial charge in [0.15, 0.2) is 11.5 Å². The molecule has 0 radical (unpaired) electrons. The van der Waals surface area contributed by atoms with Gasteiger partial charge in [0, 0.05) is 8.95 Å². The Bertz CT molecular complexity index is 658. The number of aryl methyl sites for hydroxylation is 1. The van der Waals surface area contributed by atoms with E-state index in [4.69, 9.17) is 9.47 Å². The molecule has 0 saturated carbocycles. The number of nitrogens with one attached hydrogen (secondary N) is 1. The second-order valence-corrected chi connectivity index (χ2v) is 6.45. The number of amides is 1. The van der Waals surface area contributed by atoms with E-state index in [1.54, 1.807) is 37.7 Å². The Hall–Kier alpha value is -1.35. The van der Waals surface area contributed by atoms with Crippen LogP contribution in [0.2, 0.25) is 0 Å². The number of benzene rings is 1. The summed E-state index contributed by atoms with van der Waals surface area (Å²) >= 11 is 3.67. The summed E-state index contributed by atoms with van der Waals surface area (Å²) in [6.07, 6.45) is 0. The van der Waals surface area contributed by atoms with Gasteiger partial charge < -0.3 is 14.8 Å². The second-order valence-electron chi connectivity index (χ2n) is 4.23. The molecule has 0 atom stereocenters. The van der Waals surface area contributed by atoms with Crippen molar-refractivity contribution in [3.63, 3.8) is 0 Å². The van der Waals surface area contributed by atoms with Gasteiger partial charge in [-0.15, -0.1) is 11.3 Å². The van der Waals surface area contributed by atoms with E-state index in [0.29, 0.717) is 23.6 Å². The van der Waals surface area contributed by atoms with Gasteiger partial charge in [0.25, 0.3) is 5.91 Å². The van der Waals surface area contributed by atoms with Crippen molar-refractivity contribution in [2.24, 2.45) is 0 Å². The van der Waals surface area contributed by atoms with Crippen molar-refractivity contribution >= 4 is 39.8 Å². The molecule has 1 heterocycles. The average molecular weight is 418 g/mol. The van der Waals surface area contributed by atoms with Gasteiger partial charge in [-0.2, -0.15) is 0 Å². The lowest BCUT2D eigenvalue weighted by atomic mass is 10.2. The summed E-state index contributed by atoms with van der Waals surface area (Å²) in [4.78, 5) is 16.6. The van der Waals surface area contributed by atoms with E-state index in [1.807, 2.05) is 12.3 Å². The fourth-order valence-corrected chi connectivity index (χ4v) is 3.08. The molecule has 0 bridgehead atoms. The molecule has 1 N–H and O–H groups in total. The highest BCUT2D eigenvalue weighted by atomic mass is 127. The highest BCUT2D eigenvalue weighted by molar-refractivity contribution is 14.1. The van der Waals surface area contributed by atoms with E-state index in [1.165, 1.54) is 0 Å². The van der Waals surface area contributed by atoms with E-state index in [-0.39, 0.29) is 5.91 Å². The molecule has 1 aromatic carbocycles. The molecule has 0 aliphatic rings. The Morgan fingerprint density at radius 3 is 2.57 bits per heavy atom. The first-order valence-corrected chi connectivity index (χ1v) is 8.11. The van der Waals surface area contributed by atoms with Crippen LogP contribution in [0.3, 0.4) is 0 Å². The molecule has 5 nitrogen and oxygen atoms in total. The molecule has 0 aliphatic heterocycles. The van der Waals surface area contributed by atoms with Crippen LogP contribution in [0.1, 0.15) is 21.1 Å². The van der Waals surface area contributed by atoms with E-state index in [2.05, 4.69) is 32.9 Å². The van der Waals surface area contributed by atoms with Crippen LogP contribution < -0.4 is 14.8 Å². The minimum Gasteiger partial charge on any atom is -0.493 e. The molecule has 21 heavy (non-hydrogen) atoms. The molecule has 2 rings (SSSR count). The van der Waals surface area contributed by atoms with Gasteiger partial charge >= 0.3 is 0 Å². The highest BCUT2D eigenvalue weighted by Crippen LogP contribution is 2.31. The summed E-state index contributed by atoms with van der Waals surface area (Å²) in [7, 11) is 3.11. The van der Waals surface area contributed by atoms with Gasteiger partial charge in [0.2, 0.25) is 0 Å². The lowest BCUT2D eigenvalue weighted by Gasteiger charge is -2.11. The van der Waals surface area contributed by atoms with Crippen LogP contribution in [0.25, 0.3) is 0 Å². The molecule has 0 unspecified atom stereocenters. The summed E-state index contributed by atoms with van der Waals surface area (Å²) < 4.78 is 11.2. The molecule has 2 aromatic rings. The van der Waals surface area contributed by atoms with Crippen LogP contribution in [0, 0.1) is 10.5 Å². The maximum absolute atomic E-state index is 12.3. The molecule has 7 heteroatoms. The monoisotopic (exact) mass is 418 g/mol. The van der Waals surface area contributed by atoms with Gasteiger partial charge in [-0.1, -0.05) is 0 Å². The standard InChI is InChI=1S/C14H15IN2O3S/c1-8-17-9(7-21-8)6-16-14(18)10-4-12(19-2)13(20-3)5-11(10)15/h4-5,7H,6H2,1-3H3,(H,16,18). The number of ether oxygens (including phenoxy) is 2. The van der Waals surface area contributed by atoms with Crippen LogP contribution in [0.15, 0.2) is 17.5 Å².